The summed E-state index contributed by atoms with van der Waals surface area (Å²) in [4.78, 5) is 13.0. The van der Waals surface area contributed by atoms with Gasteiger partial charge in [0.15, 0.2) is 5.58 Å². The third kappa shape index (κ3) is 6.47. The maximum absolute atomic E-state index is 6.59. The first kappa shape index (κ1) is 39.3. The van der Waals surface area contributed by atoms with E-state index in [1.807, 2.05) is 6.07 Å². The molecule has 1 aliphatic heterocycles. The summed E-state index contributed by atoms with van der Waals surface area (Å²) in [6, 6.07) is 69.2. The van der Waals surface area contributed by atoms with Crippen molar-refractivity contribution in [3.05, 3.63) is 247 Å². The molecule has 0 unspecified atom stereocenters. The Hall–Kier alpha value is -9.07. The van der Waals surface area contributed by atoms with Gasteiger partial charge in [0.25, 0.3) is 0 Å². The van der Waals surface area contributed by atoms with Crippen LogP contribution in [0.3, 0.4) is 0 Å². The minimum absolute atomic E-state index is 0.391. The summed E-state index contributed by atoms with van der Waals surface area (Å²) >= 11 is 0. The third-order valence-electron chi connectivity index (χ3n) is 13.5. The Kier molecular flexibility index (Phi) is 9.15. The average molecular weight is 877 g/mol. The van der Waals surface area contributed by atoms with Gasteiger partial charge in [-0.2, -0.15) is 0 Å². The molecule has 4 heterocycles. The van der Waals surface area contributed by atoms with Crippen LogP contribution in [0.4, 0.5) is 5.69 Å². The summed E-state index contributed by atoms with van der Waals surface area (Å²) in [5, 5.41) is 0. The van der Waals surface area contributed by atoms with Crippen LogP contribution in [0.1, 0.15) is 27.8 Å². The smallest absolute Gasteiger partial charge is 0.227 e. The lowest BCUT2D eigenvalue weighted by Gasteiger charge is -2.39. The molecule has 13 rings (SSSR count). The lowest BCUT2D eigenvalue weighted by molar-refractivity contribution is 0.307. The molecule has 2 aliphatic rings. The number of fused-ring (bicyclic) bond motifs is 10. The topological polar surface area (TPSA) is 96.3 Å². The number of nitrogens with two attached hydrogens (primary N) is 1. The summed E-state index contributed by atoms with van der Waals surface area (Å²) in [5.74, 6) is 2.96. The van der Waals surface area contributed by atoms with Crippen LogP contribution in [0.25, 0.3) is 78.2 Å². The monoisotopic (exact) mass is 876 g/mol. The molecule has 0 bridgehead atoms. The summed E-state index contributed by atoms with van der Waals surface area (Å²) < 4.78 is 18.7. The predicted molar refractivity (Wildman–Crippen MR) is 269 cm³/mol. The maximum atomic E-state index is 6.59. The van der Waals surface area contributed by atoms with Gasteiger partial charge in [0, 0.05) is 41.2 Å². The molecule has 0 atom stereocenters. The van der Waals surface area contributed by atoms with Crippen molar-refractivity contribution in [2.24, 2.45) is 0 Å². The highest BCUT2D eigenvalue weighted by atomic mass is 16.5. The predicted octanol–water partition coefficient (Wildman–Crippen LogP) is 14.6. The summed E-state index contributed by atoms with van der Waals surface area (Å²) in [5.41, 5.74) is 25.7. The van der Waals surface area contributed by atoms with Gasteiger partial charge in [0.05, 0.1) is 23.5 Å². The van der Waals surface area contributed by atoms with E-state index in [-0.39, 0.29) is 0 Å². The Morgan fingerprint density at radius 1 is 0.456 bits per heavy atom. The first-order chi connectivity index (χ1) is 33.6. The molecule has 1 spiro atoms. The highest BCUT2D eigenvalue weighted by Gasteiger charge is 2.51. The van der Waals surface area contributed by atoms with Gasteiger partial charge in [0.1, 0.15) is 29.4 Å². The minimum atomic E-state index is -0.527. The van der Waals surface area contributed by atoms with Gasteiger partial charge in [-0.25, -0.2) is 4.98 Å². The summed E-state index contributed by atoms with van der Waals surface area (Å²) in [6.07, 6.45) is 6.72. The molecule has 2 N–H and O–H groups in total. The number of rotatable bonds is 8. The average Bonchev–Trinajstić information content (AvgIpc) is 3.97. The second kappa shape index (κ2) is 15.8. The zero-order valence-electron chi connectivity index (χ0n) is 36.6. The van der Waals surface area contributed by atoms with Gasteiger partial charge in [-0.05, 0) is 121 Å². The lowest BCUT2D eigenvalue weighted by atomic mass is 9.66. The first-order valence-electron chi connectivity index (χ1n) is 22.7. The van der Waals surface area contributed by atoms with E-state index in [4.69, 9.17) is 19.6 Å². The molecule has 3 aromatic heterocycles. The fraction of sp³-hybridized carbons (Fsp3) is 0.0328. The molecule has 0 saturated carbocycles. The Bertz CT molecular complexity index is 3650. The van der Waals surface area contributed by atoms with Gasteiger partial charge in [0.2, 0.25) is 5.89 Å². The van der Waals surface area contributed by atoms with E-state index >= 15 is 0 Å². The molecule has 0 amide bonds. The Balaban J connectivity index is 0.874. The van der Waals surface area contributed by atoms with Crippen molar-refractivity contribution >= 4 is 16.8 Å². The highest BCUT2D eigenvalue weighted by Crippen LogP contribution is 2.62. The van der Waals surface area contributed by atoms with E-state index in [1.165, 1.54) is 22.3 Å². The van der Waals surface area contributed by atoms with Gasteiger partial charge in [-0.1, -0.05) is 133 Å². The van der Waals surface area contributed by atoms with Crippen molar-refractivity contribution in [3.8, 4) is 84.3 Å². The molecule has 8 aromatic carbocycles. The normalized spacial score (nSPS) is 12.8. The number of nitrogens with zero attached hydrogens (tertiary/aromatic N) is 3. The van der Waals surface area contributed by atoms with E-state index in [9.17, 15) is 0 Å². The molecule has 0 saturated heterocycles. The maximum Gasteiger partial charge on any atom is 0.227 e. The van der Waals surface area contributed by atoms with Crippen molar-refractivity contribution in [2.45, 2.75) is 12.0 Å². The number of para-hydroxylation sites is 2. The number of hydrogen-bond acceptors (Lipinski definition) is 7. The zero-order valence-corrected chi connectivity index (χ0v) is 36.6. The molecule has 7 nitrogen and oxygen atoms in total. The number of hydrogen-bond donors (Lipinski definition) is 1. The van der Waals surface area contributed by atoms with Crippen LogP contribution >= 0.6 is 0 Å². The van der Waals surface area contributed by atoms with Crippen molar-refractivity contribution in [3.63, 3.8) is 0 Å². The van der Waals surface area contributed by atoms with Crippen LogP contribution in [-0.4, -0.2) is 15.0 Å². The Morgan fingerprint density at radius 2 is 0.985 bits per heavy atom. The zero-order chi connectivity index (χ0) is 45.2. The molecular formula is C61H40N4O3. The van der Waals surface area contributed by atoms with Crippen LogP contribution in [0, 0.1) is 0 Å². The largest absolute Gasteiger partial charge is 0.487 e. The van der Waals surface area contributed by atoms with Crippen molar-refractivity contribution in [1.29, 1.82) is 0 Å². The molecule has 0 radical (unpaired) electrons. The van der Waals surface area contributed by atoms with Crippen molar-refractivity contribution in [2.75, 3.05) is 5.73 Å². The minimum Gasteiger partial charge on any atom is -0.487 e. The highest BCUT2D eigenvalue weighted by molar-refractivity contribution is 5.91. The third-order valence-corrected chi connectivity index (χ3v) is 13.5. The second-order valence-corrected chi connectivity index (χ2v) is 17.4. The number of anilines is 1. The van der Waals surface area contributed by atoms with Crippen LogP contribution in [0.5, 0.6) is 17.2 Å². The van der Waals surface area contributed by atoms with Gasteiger partial charge < -0.3 is 19.6 Å². The number of pyridine rings is 2. The molecule has 322 valence electrons. The van der Waals surface area contributed by atoms with Crippen LogP contribution < -0.4 is 15.2 Å². The fourth-order valence-electron chi connectivity index (χ4n) is 10.2. The number of oxazole rings is 1. The molecule has 68 heavy (non-hydrogen) atoms. The SMILES string of the molecule is Nc1cnccc1OCc1ccc(-c2cc(-c3ccc(-c4ccc5c(c4)C4(c6ccccc6Oc6ccccc64)c4ccccc4-5)cc3)cc(-c3ccc(-c4nc5cnccc5o4)cc3)c2)cc1. The van der Waals surface area contributed by atoms with Crippen LogP contribution in [0.15, 0.2) is 223 Å². The van der Waals surface area contributed by atoms with E-state index in [0.29, 0.717) is 29.5 Å². The van der Waals surface area contributed by atoms with Gasteiger partial charge >= 0.3 is 0 Å². The van der Waals surface area contributed by atoms with Crippen molar-refractivity contribution < 1.29 is 13.9 Å². The van der Waals surface area contributed by atoms with E-state index in [1.54, 1.807) is 30.9 Å². The van der Waals surface area contributed by atoms with E-state index in [0.717, 1.165) is 83.8 Å². The summed E-state index contributed by atoms with van der Waals surface area (Å²) in [6.45, 7) is 0.391. The quantitative estimate of drug-likeness (QED) is 0.162. The molecule has 11 aromatic rings. The standard InChI is InChI=1S/C61H40N4O3/c62-54-35-63-29-27-58(54)66-37-38-13-15-40(16-14-38)45-31-46(33-47(32-45)42-21-23-43(24-22-42)60-65-55-36-64-30-28-59(55)68-60)41-19-17-39(18-20-41)44-25-26-49-48-7-1-2-8-50(48)61(53(49)34-44)51-9-3-5-11-56(51)67-57-12-6-4-10-52(57)61/h1-36H,37,62H2. The lowest BCUT2D eigenvalue weighted by Crippen LogP contribution is -2.32. The van der Waals surface area contributed by atoms with Gasteiger partial charge in [-0.15, -0.1) is 0 Å². The van der Waals surface area contributed by atoms with E-state index < -0.39 is 5.41 Å². The van der Waals surface area contributed by atoms with Crippen molar-refractivity contribution in [1.82, 2.24) is 15.0 Å². The second-order valence-electron chi connectivity index (χ2n) is 17.4. The van der Waals surface area contributed by atoms with Crippen LogP contribution in [0.2, 0.25) is 0 Å². The van der Waals surface area contributed by atoms with Crippen LogP contribution in [-0.2, 0) is 12.0 Å². The molecule has 1 aliphatic carbocycles. The molecule has 7 heteroatoms. The molecular weight excluding hydrogens is 837 g/mol. The Labute approximate surface area is 392 Å². The van der Waals surface area contributed by atoms with Gasteiger partial charge in [-0.3, -0.25) is 9.97 Å². The number of nitrogen functional groups attached to an aromatic ring is 1. The van der Waals surface area contributed by atoms with E-state index in [2.05, 4.69) is 197 Å². The fourth-order valence-corrected chi connectivity index (χ4v) is 10.2. The molecule has 0 fully saturated rings. The Morgan fingerprint density at radius 3 is 1.63 bits per heavy atom. The first-order valence-corrected chi connectivity index (χ1v) is 22.7. The summed E-state index contributed by atoms with van der Waals surface area (Å²) in [7, 11) is 0. The number of aromatic nitrogens is 3. The number of ether oxygens (including phenoxy) is 2. The number of benzene rings is 8.